The molecule has 0 radical (unpaired) electrons. The Balaban J connectivity index is 1.34. The van der Waals surface area contributed by atoms with Crippen molar-refractivity contribution in [3.63, 3.8) is 0 Å². The number of carbonyl (C=O) groups is 1. The summed E-state index contributed by atoms with van der Waals surface area (Å²) in [5, 5.41) is 15.2. The van der Waals surface area contributed by atoms with E-state index in [0.29, 0.717) is 5.69 Å². The van der Waals surface area contributed by atoms with E-state index in [4.69, 9.17) is 0 Å². The average molecular weight is 341 g/mol. The highest BCUT2D eigenvalue weighted by molar-refractivity contribution is 5.90. The number of amides is 1. The van der Waals surface area contributed by atoms with Crippen molar-refractivity contribution in [1.29, 1.82) is 0 Å². The van der Waals surface area contributed by atoms with Crippen LogP contribution in [0.2, 0.25) is 0 Å². The minimum Gasteiger partial charge on any atom is -0.344 e. The predicted molar refractivity (Wildman–Crippen MR) is 87.5 cm³/mol. The molecule has 1 N–H and O–H groups in total. The average Bonchev–Trinajstić information content (AvgIpc) is 3.04. The maximum absolute atomic E-state index is 13.0. The maximum Gasteiger partial charge on any atom is 0.293 e. The number of nitrogens with one attached hydrogen (secondary N) is 1. The quantitative estimate of drug-likeness (QED) is 0.931. The molecule has 0 spiro atoms. The van der Waals surface area contributed by atoms with Crippen molar-refractivity contribution in [2.45, 2.75) is 44.1 Å². The minimum atomic E-state index is -0.330. The van der Waals surface area contributed by atoms with Crippen LogP contribution < -0.4 is 5.32 Å². The van der Waals surface area contributed by atoms with Crippen LogP contribution in [0.4, 0.5) is 4.39 Å². The van der Waals surface area contributed by atoms with Crippen molar-refractivity contribution in [1.82, 2.24) is 25.5 Å². The van der Waals surface area contributed by atoms with Crippen LogP contribution in [0.3, 0.4) is 0 Å². The van der Waals surface area contributed by atoms with Gasteiger partial charge < -0.3 is 5.32 Å². The Labute approximate surface area is 144 Å². The molecule has 1 aromatic heterocycles. The highest BCUT2D eigenvalue weighted by Crippen LogP contribution is 2.55. The van der Waals surface area contributed by atoms with Gasteiger partial charge in [0.2, 0.25) is 0 Å². The van der Waals surface area contributed by atoms with Gasteiger partial charge in [0.25, 0.3) is 11.7 Å². The van der Waals surface area contributed by atoms with Crippen molar-refractivity contribution in [3.8, 4) is 5.69 Å². The van der Waals surface area contributed by atoms with Crippen LogP contribution in [-0.2, 0) is 0 Å². The minimum absolute atomic E-state index is 0.0695. The standard InChI is InChI=1S/C18H20FN5O/c19-14-1-3-15(4-2-14)24-22-16(21-23-24)17(25)20-18-8-11-5-12(9-18)7-13(6-11)10-18/h1-4,11-13H,5-10H2,(H,20,25). The second kappa shape index (κ2) is 5.34. The monoisotopic (exact) mass is 341 g/mol. The molecule has 0 saturated heterocycles. The molecule has 0 atom stereocenters. The Kier molecular flexibility index (Phi) is 3.20. The van der Waals surface area contributed by atoms with Gasteiger partial charge in [0, 0.05) is 5.54 Å². The molecule has 6 nitrogen and oxygen atoms in total. The molecular weight excluding hydrogens is 321 g/mol. The van der Waals surface area contributed by atoms with Crippen LogP contribution in [0, 0.1) is 23.6 Å². The Morgan fingerprint density at radius 3 is 2.28 bits per heavy atom. The van der Waals surface area contributed by atoms with E-state index in [1.807, 2.05) is 0 Å². The number of nitrogens with zero attached hydrogens (tertiary/aromatic N) is 4. The SMILES string of the molecule is O=C(NC12CC3CC(CC(C3)C1)C2)c1nnn(-c2ccc(F)cc2)n1. The zero-order valence-corrected chi connectivity index (χ0v) is 13.9. The molecule has 4 saturated carbocycles. The molecule has 0 unspecified atom stereocenters. The summed E-state index contributed by atoms with van der Waals surface area (Å²) in [4.78, 5) is 13.9. The van der Waals surface area contributed by atoms with Gasteiger partial charge in [0.1, 0.15) is 5.82 Å². The lowest BCUT2D eigenvalue weighted by molar-refractivity contribution is -0.0168. The zero-order valence-electron chi connectivity index (χ0n) is 13.9. The first kappa shape index (κ1) is 15.0. The van der Waals surface area contributed by atoms with Crippen LogP contribution in [-0.4, -0.2) is 31.7 Å². The zero-order chi connectivity index (χ0) is 17.0. The summed E-state index contributed by atoms with van der Waals surface area (Å²) in [6.07, 6.45) is 7.22. The lowest BCUT2D eigenvalue weighted by Crippen LogP contribution is -2.60. The Morgan fingerprint density at radius 1 is 1.08 bits per heavy atom. The van der Waals surface area contributed by atoms with E-state index in [0.717, 1.165) is 37.0 Å². The third kappa shape index (κ3) is 2.62. The molecular formula is C18H20FN5O. The molecule has 1 heterocycles. The summed E-state index contributed by atoms with van der Waals surface area (Å²) in [5.41, 5.74) is 0.496. The first-order chi connectivity index (χ1) is 12.1. The van der Waals surface area contributed by atoms with Crippen molar-refractivity contribution in [2.75, 3.05) is 0 Å². The van der Waals surface area contributed by atoms with Gasteiger partial charge in [-0.15, -0.1) is 15.0 Å². The smallest absolute Gasteiger partial charge is 0.293 e. The molecule has 7 heteroatoms. The van der Waals surface area contributed by atoms with Crippen molar-refractivity contribution in [2.24, 2.45) is 17.8 Å². The Morgan fingerprint density at radius 2 is 1.68 bits per heavy atom. The van der Waals surface area contributed by atoms with Gasteiger partial charge in [0.05, 0.1) is 5.69 Å². The van der Waals surface area contributed by atoms with E-state index in [9.17, 15) is 9.18 Å². The number of aromatic nitrogens is 4. The summed E-state index contributed by atoms with van der Waals surface area (Å²) < 4.78 is 13.0. The van der Waals surface area contributed by atoms with E-state index in [1.54, 1.807) is 12.1 Å². The van der Waals surface area contributed by atoms with Gasteiger partial charge in [-0.05, 0) is 85.8 Å². The molecule has 25 heavy (non-hydrogen) atoms. The number of rotatable bonds is 3. The number of hydrogen-bond acceptors (Lipinski definition) is 4. The van der Waals surface area contributed by atoms with Crippen molar-refractivity contribution in [3.05, 3.63) is 35.9 Å². The third-order valence-corrected chi connectivity index (χ3v) is 6.09. The molecule has 4 aliphatic carbocycles. The van der Waals surface area contributed by atoms with Crippen LogP contribution in [0.25, 0.3) is 5.69 Å². The van der Waals surface area contributed by atoms with Crippen molar-refractivity contribution >= 4 is 5.91 Å². The molecule has 130 valence electrons. The van der Waals surface area contributed by atoms with E-state index >= 15 is 0 Å². The van der Waals surface area contributed by atoms with E-state index < -0.39 is 0 Å². The van der Waals surface area contributed by atoms with Crippen LogP contribution in [0.5, 0.6) is 0 Å². The van der Waals surface area contributed by atoms with Crippen LogP contribution in [0.1, 0.15) is 49.1 Å². The molecule has 4 bridgehead atoms. The topological polar surface area (TPSA) is 72.7 Å². The Bertz CT molecular complexity index is 780. The summed E-state index contributed by atoms with van der Waals surface area (Å²) >= 11 is 0. The second-order valence-corrected chi connectivity index (χ2v) is 8.03. The van der Waals surface area contributed by atoms with Gasteiger partial charge in [-0.1, -0.05) is 0 Å². The first-order valence-corrected chi connectivity index (χ1v) is 8.97. The van der Waals surface area contributed by atoms with E-state index in [1.165, 1.54) is 36.2 Å². The fourth-order valence-electron chi connectivity index (χ4n) is 5.55. The normalized spacial score (nSPS) is 32.8. The van der Waals surface area contributed by atoms with Gasteiger partial charge in [-0.25, -0.2) is 4.39 Å². The molecule has 4 aliphatic rings. The number of tetrazole rings is 1. The maximum atomic E-state index is 13.0. The van der Waals surface area contributed by atoms with E-state index in [-0.39, 0.29) is 23.1 Å². The second-order valence-electron chi connectivity index (χ2n) is 8.03. The summed E-state index contributed by atoms with van der Waals surface area (Å²) in [6, 6.07) is 5.76. The van der Waals surface area contributed by atoms with Crippen molar-refractivity contribution < 1.29 is 9.18 Å². The van der Waals surface area contributed by atoms with Gasteiger partial charge in [-0.3, -0.25) is 4.79 Å². The number of hydrogen-bond donors (Lipinski definition) is 1. The molecule has 4 fully saturated rings. The van der Waals surface area contributed by atoms with Gasteiger partial charge >= 0.3 is 0 Å². The largest absolute Gasteiger partial charge is 0.344 e. The molecule has 0 aliphatic heterocycles. The highest BCUT2D eigenvalue weighted by Gasteiger charge is 2.51. The molecule has 1 amide bonds. The number of halogens is 1. The summed E-state index contributed by atoms with van der Waals surface area (Å²) in [7, 11) is 0. The van der Waals surface area contributed by atoms with Gasteiger partial charge in [-0.2, -0.15) is 0 Å². The molecule has 6 rings (SSSR count). The molecule has 2 aromatic rings. The third-order valence-electron chi connectivity index (χ3n) is 6.09. The van der Waals surface area contributed by atoms with Crippen LogP contribution >= 0.6 is 0 Å². The Hall–Kier alpha value is -2.31. The predicted octanol–water partition coefficient (Wildman–Crippen LogP) is 2.50. The number of benzene rings is 1. The highest BCUT2D eigenvalue weighted by atomic mass is 19.1. The molecule has 1 aromatic carbocycles. The lowest BCUT2D eigenvalue weighted by atomic mass is 9.53. The van der Waals surface area contributed by atoms with E-state index in [2.05, 4.69) is 20.7 Å². The summed E-state index contributed by atoms with van der Waals surface area (Å²) in [6.45, 7) is 0. The fraction of sp³-hybridized carbons (Fsp3) is 0.556. The summed E-state index contributed by atoms with van der Waals surface area (Å²) in [5.74, 6) is 1.76. The van der Waals surface area contributed by atoms with Crippen LogP contribution in [0.15, 0.2) is 24.3 Å². The number of carbonyl (C=O) groups excluding carboxylic acids is 1. The first-order valence-electron chi connectivity index (χ1n) is 8.97. The van der Waals surface area contributed by atoms with Gasteiger partial charge in [0.15, 0.2) is 0 Å². The lowest BCUT2D eigenvalue weighted by Gasteiger charge is -2.56. The fourth-order valence-corrected chi connectivity index (χ4v) is 5.55.